The SMILES string of the molecule is C=C1C(=O)[C@]23[C@H](OC(=O)CCC(=O)Oc4ccc(-c5cc(=S)ss5)cc4)[C@H]1CC[C@H]2[C@@]12CO[C@]3(O)[C@@H](O)[C@@H]1C(C)(C)CCC2=O. The summed E-state index contributed by atoms with van der Waals surface area (Å²) in [4.78, 5) is 55.0. The van der Waals surface area contributed by atoms with Crippen LogP contribution in [0.2, 0.25) is 0 Å². The standard InChI is InChI=1S/C33H34O9S3/c1-16-19-8-9-21-31-15-40-33(39,28(38)26(31)30(2,3)13-12-22(31)34)32(21,27(16)37)29(19)42-24(36)11-10-23(35)41-18-6-4-17(5-7-18)20-14-25(43)45-44-20/h4-7,14,19,21,26,28-29,38-39H,1,8-13,15H2,2-3H3/t19-,21-,26+,28-,29+,31+,32-,33+/m0/s1. The van der Waals surface area contributed by atoms with Gasteiger partial charge in [0.2, 0.25) is 5.79 Å². The lowest BCUT2D eigenvalue weighted by Gasteiger charge is -2.72. The summed E-state index contributed by atoms with van der Waals surface area (Å²) in [5, 5.41) is 24.0. The Hall–Kier alpha value is -2.61. The highest BCUT2D eigenvalue weighted by molar-refractivity contribution is 7.80. The van der Waals surface area contributed by atoms with Gasteiger partial charge in [0.05, 0.1) is 24.9 Å². The number of carbonyl (C=O) groups excluding carboxylic acids is 4. The van der Waals surface area contributed by atoms with Crippen molar-refractivity contribution >= 4 is 56.4 Å². The van der Waals surface area contributed by atoms with E-state index in [1.165, 1.54) is 10.3 Å². The third-order valence-electron chi connectivity index (χ3n) is 11.2. The van der Waals surface area contributed by atoms with Crippen molar-refractivity contribution in [3.63, 3.8) is 0 Å². The number of Topliss-reactive ketones (excluding diaryl/α,β-unsaturated/α-hetero) is 2. The number of ketones is 2. The van der Waals surface area contributed by atoms with Crippen LogP contribution in [0.4, 0.5) is 0 Å². The van der Waals surface area contributed by atoms with Gasteiger partial charge in [0.25, 0.3) is 0 Å². The van der Waals surface area contributed by atoms with E-state index in [0.717, 1.165) is 14.3 Å². The van der Waals surface area contributed by atoms with Crippen LogP contribution in [-0.2, 0) is 28.7 Å². The maximum Gasteiger partial charge on any atom is 0.311 e. The van der Waals surface area contributed by atoms with Crippen LogP contribution < -0.4 is 4.74 Å². The van der Waals surface area contributed by atoms with Gasteiger partial charge in [-0.15, -0.1) is 0 Å². The van der Waals surface area contributed by atoms with E-state index in [0.29, 0.717) is 25.0 Å². The van der Waals surface area contributed by atoms with Gasteiger partial charge in [-0.2, -0.15) is 0 Å². The number of rotatable bonds is 6. The van der Waals surface area contributed by atoms with E-state index in [2.05, 4.69) is 6.58 Å². The van der Waals surface area contributed by atoms with E-state index in [1.54, 1.807) is 22.5 Å². The van der Waals surface area contributed by atoms with Gasteiger partial charge >= 0.3 is 11.9 Å². The topological polar surface area (TPSA) is 136 Å². The fourth-order valence-electron chi connectivity index (χ4n) is 9.41. The number of ether oxygens (including phenoxy) is 3. The number of hydrogen-bond acceptors (Lipinski definition) is 12. The van der Waals surface area contributed by atoms with Gasteiger partial charge in [-0.1, -0.05) is 53.3 Å². The highest BCUT2D eigenvalue weighted by Gasteiger charge is 2.88. The van der Waals surface area contributed by atoms with E-state index >= 15 is 0 Å². The summed E-state index contributed by atoms with van der Waals surface area (Å²) in [5.41, 5.74) is -2.45. The van der Waals surface area contributed by atoms with Crippen LogP contribution in [0.15, 0.2) is 42.5 Å². The van der Waals surface area contributed by atoms with E-state index in [-0.39, 0.29) is 37.2 Å². The normalized spacial score (nSPS) is 37.6. The number of esters is 2. The third-order valence-corrected chi connectivity index (χ3v) is 14.2. The van der Waals surface area contributed by atoms with Crippen LogP contribution in [0, 0.1) is 37.8 Å². The molecular weight excluding hydrogens is 637 g/mol. The Bertz CT molecular complexity index is 1690. The molecule has 2 spiro atoms. The molecule has 9 nitrogen and oxygen atoms in total. The largest absolute Gasteiger partial charge is 0.460 e. The fraction of sp³-hybridized carbons (Fsp3) is 0.545. The van der Waals surface area contributed by atoms with Crippen molar-refractivity contribution in [2.45, 2.75) is 70.4 Å². The second kappa shape index (κ2) is 10.4. The summed E-state index contributed by atoms with van der Waals surface area (Å²) in [7, 11) is 3.07. The summed E-state index contributed by atoms with van der Waals surface area (Å²) in [6, 6.07) is 8.89. The number of carbonyl (C=O) groups is 4. The molecule has 4 bridgehead atoms. The summed E-state index contributed by atoms with van der Waals surface area (Å²) < 4.78 is 18.2. The second-order valence-corrected chi connectivity index (χ2v) is 16.6. The molecule has 1 aromatic heterocycles. The molecule has 0 radical (unpaired) electrons. The van der Waals surface area contributed by atoms with Gasteiger partial charge in [-0.3, -0.25) is 19.2 Å². The highest BCUT2D eigenvalue weighted by Crippen LogP contribution is 2.76. The number of aliphatic hydroxyl groups is 2. The molecule has 2 aliphatic heterocycles. The van der Waals surface area contributed by atoms with Crippen molar-refractivity contribution in [2.24, 2.45) is 34.0 Å². The minimum Gasteiger partial charge on any atom is -0.460 e. The summed E-state index contributed by atoms with van der Waals surface area (Å²) >= 11 is 5.19. The van der Waals surface area contributed by atoms with Crippen molar-refractivity contribution in [3.05, 3.63) is 46.3 Å². The van der Waals surface area contributed by atoms with Gasteiger partial charge in [0.1, 0.15) is 33.0 Å². The second-order valence-electron chi connectivity index (χ2n) is 13.7. The van der Waals surface area contributed by atoms with Gasteiger partial charge in [0, 0.05) is 23.1 Å². The molecule has 4 saturated carbocycles. The van der Waals surface area contributed by atoms with E-state index in [1.807, 2.05) is 32.0 Å². The Balaban J connectivity index is 1.11. The quantitative estimate of drug-likeness (QED) is 0.141. The number of aliphatic hydroxyl groups excluding tert-OH is 1. The van der Waals surface area contributed by atoms with Crippen LogP contribution in [0.3, 0.4) is 0 Å². The minimum atomic E-state index is -2.37. The van der Waals surface area contributed by atoms with Crippen LogP contribution in [0.5, 0.6) is 5.75 Å². The van der Waals surface area contributed by atoms with Crippen LogP contribution in [-0.4, -0.2) is 58.3 Å². The third kappa shape index (κ3) is 4.15. The summed E-state index contributed by atoms with van der Waals surface area (Å²) in [6.07, 6.45) is -1.71. The Morgan fingerprint density at radius 3 is 2.51 bits per heavy atom. The maximum atomic E-state index is 14.2. The van der Waals surface area contributed by atoms with Gasteiger partial charge in [0.15, 0.2) is 5.78 Å². The molecule has 45 heavy (non-hydrogen) atoms. The Morgan fingerprint density at radius 1 is 1.11 bits per heavy atom. The predicted molar refractivity (Wildman–Crippen MR) is 167 cm³/mol. The zero-order valence-electron chi connectivity index (χ0n) is 24.9. The molecule has 8 rings (SSSR count). The van der Waals surface area contributed by atoms with E-state index in [9.17, 15) is 29.4 Å². The van der Waals surface area contributed by atoms with Gasteiger partial charge in [-0.05, 0) is 72.1 Å². The number of hydrogen-bond donors (Lipinski definition) is 2. The fourth-order valence-corrected chi connectivity index (χ4v) is 11.8. The molecule has 3 heterocycles. The molecule has 4 aliphatic carbocycles. The molecule has 6 fully saturated rings. The lowest BCUT2D eigenvalue weighted by Crippen LogP contribution is -2.85. The first kappa shape index (κ1) is 31.0. The first-order valence-electron chi connectivity index (χ1n) is 15.2. The van der Waals surface area contributed by atoms with Crippen LogP contribution in [0.1, 0.15) is 52.4 Å². The molecule has 12 heteroatoms. The van der Waals surface area contributed by atoms with E-state index in [4.69, 9.17) is 26.4 Å². The van der Waals surface area contributed by atoms with Crippen molar-refractivity contribution in [1.82, 2.24) is 0 Å². The van der Waals surface area contributed by atoms with Crippen molar-refractivity contribution in [1.29, 1.82) is 0 Å². The molecular formula is C33H34O9S3. The minimum absolute atomic E-state index is 0.0947. The predicted octanol–water partition coefficient (Wildman–Crippen LogP) is 5.04. The molecule has 0 amide bonds. The molecule has 2 saturated heterocycles. The van der Waals surface area contributed by atoms with Crippen molar-refractivity contribution < 1.29 is 43.6 Å². The van der Waals surface area contributed by atoms with Gasteiger partial charge < -0.3 is 24.4 Å². The van der Waals surface area contributed by atoms with Crippen LogP contribution >= 0.6 is 32.9 Å². The van der Waals surface area contributed by atoms with Crippen molar-refractivity contribution in [3.8, 4) is 16.2 Å². The molecule has 2 aromatic rings. The van der Waals surface area contributed by atoms with Crippen LogP contribution in [0.25, 0.3) is 10.4 Å². The molecule has 0 unspecified atom stereocenters. The highest BCUT2D eigenvalue weighted by atomic mass is 32.9. The van der Waals surface area contributed by atoms with E-state index < -0.39 is 69.7 Å². The number of fused-ring (bicyclic) bond motifs is 2. The lowest BCUT2D eigenvalue weighted by atomic mass is 9.36. The monoisotopic (exact) mass is 670 g/mol. The molecule has 8 atom stereocenters. The average Bonchev–Trinajstić information content (AvgIpc) is 3.48. The number of benzene rings is 1. The van der Waals surface area contributed by atoms with Gasteiger partial charge in [-0.25, -0.2) is 0 Å². The maximum absolute atomic E-state index is 14.2. The molecule has 238 valence electrons. The average molecular weight is 671 g/mol. The zero-order chi connectivity index (χ0) is 32.1. The Morgan fingerprint density at radius 2 is 1.82 bits per heavy atom. The first-order valence-corrected chi connectivity index (χ1v) is 17.8. The summed E-state index contributed by atoms with van der Waals surface area (Å²) in [5.74, 6) is -6.02. The zero-order valence-corrected chi connectivity index (χ0v) is 27.4. The smallest absolute Gasteiger partial charge is 0.311 e. The van der Waals surface area contributed by atoms with Crippen molar-refractivity contribution in [2.75, 3.05) is 6.61 Å². The molecule has 6 aliphatic rings. The molecule has 2 N–H and O–H groups in total. The molecule has 1 aromatic carbocycles. The Kier molecular flexibility index (Phi) is 7.20. The first-order chi connectivity index (χ1) is 21.3. The lowest BCUT2D eigenvalue weighted by molar-refractivity contribution is -0.437. The Labute approximate surface area is 272 Å². The summed E-state index contributed by atoms with van der Waals surface area (Å²) in [6.45, 7) is 7.84.